The number of rotatable bonds is 12. The van der Waals surface area contributed by atoms with Crippen molar-refractivity contribution in [3.8, 4) is 6.07 Å². The van der Waals surface area contributed by atoms with Crippen molar-refractivity contribution in [1.29, 1.82) is 5.26 Å². The van der Waals surface area contributed by atoms with Crippen molar-refractivity contribution in [3.05, 3.63) is 41.7 Å². The number of carbonyl (C=O) groups excluding carboxylic acids is 1. The molecule has 1 aromatic heterocycles. The van der Waals surface area contributed by atoms with E-state index in [4.69, 9.17) is 15.0 Å². The van der Waals surface area contributed by atoms with E-state index in [1.807, 2.05) is 55.7 Å². The zero-order chi connectivity index (χ0) is 30.2. The smallest absolute Gasteiger partial charge is 0.256 e. The third kappa shape index (κ3) is 10.7. The molecule has 1 atom stereocenters. The monoisotopic (exact) mass is 704 g/mol. The molecule has 40 heavy (non-hydrogen) atoms. The van der Waals surface area contributed by atoms with Gasteiger partial charge in [0.15, 0.2) is 5.82 Å². The van der Waals surface area contributed by atoms with Crippen molar-refractivity contribution in [2.45, 2.75) is 46.0 Å². The highest BCUT2D eigenvalue weighted by Gasteiger charge is 2.29. The van der Waals surface area contributed by atoms with Gasteiger partial charge in [-0.05, 0) is 72.8 Å². The van der Waals surface area contributed by atoms with E-state index in [0.29, 0.717) is 28.7 Å². The minimum absolute atomic E-state index is 0.0795. The Labute approximate surface area is 254 Å². The Balaban J connectivity index is 0.00000150. The molecule has 1 aliphatic carbocycles. The average molecular weight is 705 g/mol. The summed E-state index contributed by atoms with van der Waals surface area (Å²) in [5.41, 5.74) is 9.27. The second kappa shape index (κ2) is 18.6. The molecule has 14 heteroatoms. The molecular weight excluding hydrogens is 668 g/mol. The molecule has 0 saturated heterocycles. The Hall–Kier alpha value is -2.69. The Morgan fingerprint density at radius 3 is 2.55 bits per heavy atom. The molecule has 1 unspecified atom stereocenters. The van der Waals surface area contributed by atoms with Crippen LogP contribution in [-0.4, -0.2) is 44.4 Å². The van der Waals surface area contributed by atoms with Gasteiger partial charge in [0.2, 0.25) is 6.41 Å². The molecule has 4 N–H and O–H groups in total. The molecule has 0 aliphatic heterocycles. The summed E-state index contributed by atoms with van der Waals surface area (Å²) in [5, 5.41) is 15.6. The molecular formula is C26H36F2IN8OPS. The summed E-state index contributed by atoms with van der Waals surface area (Å²) in [5.74, 6) is 0.754. The van der Waals surface area contributed by atoms with E-state index >= 15 is 0 Å². The molecule has 0 radical (unpaired) electrons. The highest BCUT2D eigenvalue weighted by Crippen LogP contribution is 2.48. The Morgan fingerprint density at radius 1 is 1.40 bits per heavy atom. The molecule has 1 heterocycles. The fraction of sp³-hybridized carbons (Fsp3) is 0.385. The molecule has 1 saturated carbocycles. The minimum atomic E-state index is -2.49. The lowest BCUT2D eigenvalue weighted by atomic mass is 10.1. The van der Waals surface area contributed by atoms with Crippen LogP contribution in [-0.2, 0) is 4.79 Å². The highest BCUT2D eigenvalue weighted by atomic mass is 127. The number of aromatic nitrogens is 1. The topological polar surface area (TPSA) is 123 Å². The number of nitriles is 1. The number of pyridine rings is 1. The number of nitrogens with one attached hydrogen (secondary N) is 2. The summed E-state index contributed by atoms with van der Waals surface area (Å²) in [6, 6.07) is 9.85. The fourth-order valence-electron chi connectivity index (χ4n) is 3.33. The fourth-order valence-corrected chi connectivity index (χ4v) is 5.39. The molecule has 218 valence electrons. The van der Waals surface area contributed by atoms with Crippen LogP contribution in [0.25, 0.3) is 0 Å². The summed E-state index contributed by atoms with van der Waals surface area (Å²) in [7, 11) is 1.95. The first-order chi connectivity index (χ1) is 19.2. The predicted octanol–water partition coefficient (Wildman–Crippen LogP) is 7.73. The average Bonchev–Trinajstić information content (AvgIpc) is 3.81. The third-order valence-corrected chi connectivity index (χ3v) is 8.43. The molecule has 1 amide bonds. The maximum atomic E-state index is 13.3. The van der Waals surface area contributed by atoms with Crippen LogP contribution in [0.2, 0.25) is 0 Å². The molecule has 1 aliphatic rings. The van der Waals surface area contributed by atoms with E-state index in [1.54, 1.807) is 29.7 Å². The van der Waals surface area contributed by atoms with E-state index < -0.39 is 13.0 Å². The van der Waals surface area contributed by atoms with Gasteiger partial charge in [0.1, 0.15) is 5.69 Å². The number of benzene rings is 1. The van der Waals surface area contributed by atoms with Crippen molar-refractivity contribution in [3.63, 3.8) is 0 Å². The van der Waals surface area contributed by atoms with Crippen molar-refractivity contribution >= 4 is 87.7 Å². The van der Waals surface area contributed by atoms with E-state index in [1.165, 1.54) is 0 Å². The maximum absolute atomic E-state index is 13.3. The standard InChI is InChI=1S/C23H27F2IN7PS.C2H6.CH3NO/c1-14(11-27)12-29-16-7-8-17(20(9-16)32(3)35-4)30-19-10-18(15-5-6-15)31-23(22(19)28-2)33(34-26)13-21(24)25;1-2;2-1-3/h7-10,12,15,21,29,34H,2,5-6,13H2,1,3-4H3,(H,30,31);1-2H3;1H,(H2,2,3)/b14-12-;;. The van der Waals surface area contributed by atoms with E-state index in [9.17, 15) is 8.78 Å². The summed E-state index contributed by atoms with van der Waals surface area (Å²) in [6.07, 6.45) is 3.54. The van der Waals surface area contributed by atoms with Gasteiger partial charge in [-0.25, -0.2) is 13.8 Å². The van der Waals surface area contributed by atoms with Gasteiger partial charge in [0, 0.05) is 48.7 Å². The number of carbonyl (C=O) groups is 1. The number of anilines is 5. The molecule has 3 rings (SSSR count). The van der Waals surface area contributed by atoms with Crippen LogP contribution >= 0.6 is 40.4 Å². The van der Waals surface area contributed by atoms with Gasteiger partial charge in [-0.2, -0.15) is 5.26 Å². The van der Waals surface area contributed by atoms with Gasteiger partial charge in [-0.3, -0.25) is 9.79 Å². The highest BCUT2D eigenvalue weighted by molar-refractivity contribution is 14.2. The summed E-state index contributed by atoms with van der Waals surface area (Å²) < 4.78 is 30.2. The van der Waals surface area contributed by atoms with E-state index in [2.05, 4.69) is 56.2 Å². The van der Waals surface area contributed by atoms with Crippen molar-refractivity contribution in [2.24, 2.45) is 10.7 Å². The van der Waals surface area contributed by atoms with Gasteiger partial charge in [0.05, 0.1) is 29.7 Å². The second-order valence-electron chi connectivity index (χ2n) is 8.04. The molecule has 1 aromatic carbocycles. The predicted molar refractivity (Wildman–Crippen MR) is 177 cm³/mol. The summed E-state index contributed by atoms with van der Waals surface area (Å²) in [6.45, 7) is 9.03. The van der Waals surface area contributed by atoms with Gasteiger partial charge < -0.3 is 25.3 Å². The van der Waals surface area contributed by atoms with Crippen LogP contribution in [0, 0.1) is 11.3 Å². The Morgan fingerprint density at radius 2 is 2.05 bits per heavy atom. The van der Waals surface area contributed by atoms with E-state index in [-0.39, 0.29) is 12.8 Å². The minimum Gasteiger partial charge on any atom is -0.372 e. The lowest BCUT2D eigenvalue weighted by Gasteiger charge is -2.25. The van der Waals surface area contributed by atoms with Crippen LogP contribution in [0.1, 0.15) is 45.2 Å². The largest absolute Gasteiger partial charge is 0.372 e. The quantitative estimate of drug-likeness (QED) is 0.0513. The SMILES string of the molecule is C=Nc1c(Nc2ccc(N/C=C(/C)C#N)cc2N(C)SC)cc(C2CC2)nc1N(CC(F)F)PI.CC.NC=O. The first-order valence-corrected chi connectivity index (χ1v) is 17.6. The molecule has 1 fully saturated rings. The van der Waals surface area contributed by atoms with E-state index in [0.717, 1.165) is 35.6 Å². The first-order valence-electron chi connectivity index (χ1n) is 12.3. The zero-order valence-corrected chi connectivity index (χ0v) is 27.2. The number of primary amides is 1. The number of halogens is 3. The zero-order valence-electron chi connectivity index (χ0n) is 23.2. The van der Waals surface area contributed by atoms with Crippen molar-refractivity contribution in [1.82, 2.24) is 4.98 Å². The number of alkyl halides is 2. The first kappa shape index (κ1) is 35.3. The second-order valence-corrected chi connectivity index (χ2v) is 11.1. The lowest BCUT2D eigenvalue weighted by Crippen LogP contribution is -2.21. The van der Waals surface area contributed by atoms with Crippen LogP contribution < -0.4 is 25.3 Å². The number of nitrogens with zero attached hydrogens (tertiary/aromatic N) is 5. The lowest BCUT2D eigenvalue weighted by molar-refractivity contribution is -0.106. The molecule has 2 aromatic rings. The summed E-state index contributed by atoms with van der Waals surface area (Å²) in [4.78, 5) is 17.5. The third-order valence-electron chi connectivity index (χ3n) is 5.34. The number of nitrogens with two attached hydrogens (primary N) is 1. The number of hydrogen-bond acceptors (Lipinski definition) is 9. The summed E-state index contributed by atoms with van der Waals surface area (Å²) >= 11 is 3.64. The molecule has 9 nitrogen and oxygen atoms in total. The normalized spacial score (nSPS) is 12.4. The van der Waals surface area contributed by atoms with Crippen molar-refractivity contribution < 1.29 is 13.6 Å². The van der Waals surface area contributed by atoms with Crippen LogP contribution in [0.15, 0.2) is 41.0 Å². The Bertz CT molecular complexity index is 1190. The number of allylic oxidation sites excluding steroid dienone is 1. The Kier molecular flexibility index (Phi) is 16.4. The van der Waals surface area contributed by atoms with Crippen LogP contribution in [0.5, 0.6) is 0 Å². The van der Waals surface area contributed by atoms with Crippen LogP contribution in [0.3, 0.4) is 0 Å². The van der Waals surface area contributed by atoms with Crippen molar-refractivity contribution in [2.75, 3.05) is 39.5 Å². The maximum Gasteiger partial charge on any atom is 0.256 e. The van der Waals surface area contributed by atoms with Crippen LogP contribution in [0.4, 0.5) is 43.0 Å². The number of amides is 1. The molecule has 0 bridgehead atoms. The number of hydrogen-bond donors (Lipinski definition) is 3. The number of aliphatic imine (C=N–C) groups is 1. The van der Waals surface area contributed by atoms with Gasteiger partial charge in [-0.1, -0.05) is 25.8 Å². The molecule has 0 spiro atoms. The van der Waals surface area contributed by atoms with Gasteiger partial charge in [0.25, 0.3) is 6.43 Å². The van der Waals surface area contributed by atoms with Gasteiger partial charge in [-0.15, -0.1) is 0 Å². The van der Waals surface area contributed by atoms with Gasteiger partial charge >= 0.3 is 0 Å².